The Morgan fingerprint density at radius 3 is 2.67 bits per heavy atom. The van der Waals surface area contributed by atoms with Gasteiger partial charge in [-0.3, -0.25) is 14.8 Å². The fourth-order valence-electron chi connectivity index (χ4n) is 4.70. The Hall–Kier alpha value is -0.640. The van der Waals surface area contributed by atoms with Crippen molar-refractivity contribution in [1.29, 1.82) is 0 Å². The van der Waals surface area contributed by atoms with Gasteiger partial charge in [0.25, 0.3) is 0 Å². The molecule has 1 aromatic rings. The lowest BCUT2D eigenvalue weighted by molar-refractivity contribution is 0.128. The van der Waals surface area contributed by atoms with E-state index in [0.29, 0.717) is 18.0 Å². The molecule has 0 saturated carbocycles. The number of aliphatic imine (C=N–C) groups is 1. The summed E-state index contributed by atoms with van der Waals surface area (Å²) in [6, 6.07) is 5.47. The van der Waals surface area contributed by atoms with Gasteiger partial charge in [-0.25, -0.2) is 0 Å². The number of hydrogen-bond acceptors (Lipinski definition) is 4. The lowest BCUT2D eigenvalue weighted by Gasteiger charge is -2.38. The Kier molecular flexibility index (Phi) is 11.1. The van der Waals surface area contributed by atoms with Crippen LogP contribution in [0.1, 0.15) is 50.4 Å². The van der Waals surface area contributed by atoms with Crippen molar-refractivity contribution in [3.63, 3.8) is 0 Å². The molecule has 0 aliphatic carbocycles. The quantitative estimate of drug-likeness (QED) is 0.232. The fourth-order valence-corrected chi connectivity index (χ4v) is 5.68. The maximum atomic E-state index is 5.04. The summed E-state index contributed by atoms with van der Waals surface area (Å²) < 4.78 is 0. The van der Waals surface area contributed by atoms with E-state index >= 15 is 0 Å². The summed E-state index contributed by atoms with van der Waals surface area (Å²) in [5.74, 6) is 1.57. The summed E-state index contributed by atoms with van der Waals surface area (Å²) in [6.45, 7) is 14.6. The zero-order chi connectivity index (χ0) is 20.6. The third-order valence-corrected chi connectivity index (χ3v) is 7.03. The summed E-state index contributed by atoms with van der Waals surface area (Å²) in [6.07, 6.45) is 4.86. The van der Waals surface area contributed by atoms with Crippen LogP contribution in [0.3, 0.4) is 0 Å². The van der Waals surface area contributed by atoms with E-state index in [1.165, 1.54) is 42.7 Å². The van der Waals surface area contributed by atoms with Crippen LogP contribution in [0, 0.1) is 5.92 Å². The number of likely N-dealkylation sites (tertiary alicyclic amines) is 2. The van der Waals surface area contributed by atoms with Crippen molar-refractivity contribution in [2.24, 2.45) is 10.9 Å². The van der Waals surface area contributed by atoms with E-state index in [1.54, 1.807) is 0 Å². The van der Waals surface area contributed by atoms with Crippen LogP contribution in [-0.4, -0.2) is 68.1 Å². The summed E-state index contributed by atoms with van der Waals surface area (Å²) >= 11 is 1.88. The van der Waals surface area contributed by atoms with Crippen molar-refractivity contribution in [1.82, 2.24) is 20.4 Å². The molecule has 5 nitrogen and oxygen atoms in total. The normalized spacial score (nSPS) is 24.3. The first-order valence-corrected chi connectivity index (χ1v) is 12.1. The van der Waals surface area contributed by atoms with Crippen LogP contribution >= 0.6 is 35.3 Å². The van der Waals surface area contributed by atoms with Crippen LogP contribution in [-0.2, 0) is 0 Å². The third-order valence-electron chi connectivity index (χ3n) is 6.09. The van der Waals surface area contributed by atoms with Crippen LogP contribution in [0.5, 0.6) is 0 Å². The monoisotopic (exact) mass is 545 g/mol. The molecule has 3 heterocycles. The van der Waals surface area contributed by atoms with E-state index < -0.39 is 0 Å². The average Bonchev–Trinajstić information content (AvgIpc) is 3.21. The maximum absolute atomic E-state index is 5.04. The van der Waals surface area contributed by atoms with E-state index in [1.807, 2.05) is 11.3 Å². The number of nitrogens with one attached hydrogen (secondary N) is 2. The van der Waals surface area contributed by atoms with Gasteiger partial charge in [0, 0.05) is 49.7 Å². The van der Waals surface area contributed by atoms with Gasteiger partial charge in [0.2, 0.25) is 0 Å². The van der Waals surface area contributed by atoms with Crippen LogP contribution in [0.25, 0.3) is 0 Å². The third kappa shape index (κ3) is 7.50. The van der Waals surface area contributed by atoms with Crippen LogP contribution in [0.4, 0.5) is 0 Å². The first kappa shape index (κ1) is 25.6. The van der Waals surface area contributed by atoms with E-state index in [2.05, 4.69) is 65.4 Å². The molecule has 2 aliphatic heterocycles. The van der Waals surface area contributed by atoms with Gasteiger partial charge in [-0.15, -0.1) is 35.3 Å². The summed E-state index contributed by atoms with van der Waals surface area (Å²) in [5, 5.41) is 9.38. The van der Waals surface area contributed by atoms with Crippen molar-refractivity contribution in [3.8, 4) is 0 Å². The molecular formula is C23H40IN5S. The molecule has 2 aliphatic rings. The molecule has 3 rings (SSSR count). The molecule has 2 saturated heterocycles. The number of guanidine groups is 1. The van der Waals surface area contributed by atoms with Crippen molar-refractivity contribution < 1.29 is 0 Å². The second-order valence-electron chi connectivity index (χ2n) is 8.71. The van der Waals surface area contributed by atoms with Gasteiger partial charge in [-0.2, -0.15) is 0 Å². The molecule has 2 N–H and O–H groups in total. The molecule has 0 spiro atoms. The van der Waals surface area contributed by atoms with Gasteiger partial charge in [-0.1, -0.05) is 18.2 Å². The number of piperidine rings is 2. The molecule has 0 aromatic carbocycles. The average molecular weight is 546 g/mol. The van der Waals surface area contributed by atoms with Gasteiger partial charge in [0.05, 0.1) is 0 Å². The minimum absolute atomic E-state index is 0. The highest BCUT2D eigenvalue weighted by molar-refractivity contribution is 14.0. The Morgan fingerprint density at radius 1 is 1.27 bits per heavy atom. The van der Waals surface area contributed by atoms with Crippen LogP contribution in [0.2, 0.25) is 0 Å². The Morgan fingerprint density at radius 2 is 2.03 bits per heavy atom. The van der Waals surface area contributed by atoms with Gasteiger partial charge >= 0.3 is 0 Å². The van der Waals surface area contributed by atoms with Gasteiger partial charge in [-0.05, 0) is 70.5 Å². The highest BCUT2D eigenvalue weighted by atomic mass is 127. The molecule has 7 heteroatoms. The van der Waals surface area contributed by atoms with Crippen molar-refractivity contribution >= 4 is 41.3 Å². The molecule has 0 radical (unpaired) electrons. The standard InChI is InChI=1S/C23H39N5S.HI/c1-5-24-23(26-20-10-13-28(14-11-20)17-18(2)3)25-16-19-8-6-12-27(4)22(19)21-9-7-15-29-21;/h7,9,15,19-20,22H,2,5-6,8,10-14,16-17H2,1,3-4H3,(H2,24,25,26);1H. The Balaban J connectivity index is 0.00000320. The lowest BCUT2D eigenvalue weighted by Crippen LogP contribution is -2.49. The molecule has 1 aromatic heterocycles. The highest BCUT2D eigenvalue weighted by Gasteiger charge is 2.31. The van der Waals surface area contributed by atoms with Crippen LogP contribution in [0.15, 0.2) is 34.7 Å². The molecule has 2 atom stereocenters. The molecule has 0 amide bonds. The molecular weight excluding hydrogens is 505 g/mol. The summed E-state index contributed by atoms with van der Waals surface area (Å²) in [4.78, 5) is 11.5. The van der Waals surface area contributed by atoms with E-state index in [0.717, 1.165) is 38.7 Å². The predicted octanol–water partition coefficient (Wildman–Crippen LogP) is 4.34. The number of thiophene rings is 1. The highest BCUT2D eigenvalue weighted by Crippen LogP contribution is 2.37. The number of halogens is 1. The first-order valence-electron chi connectivity index (χ1n) is 11.2. The minimum Gasteiger partial charge on any atom is -0.357 e. The first-order chi connectivity index (χ1) is 14.1. The van der Waals surface area contributed by atoms with Gasteiger partial charge < -0.3 is 10.6 Å². The molecule has 30 heavy (non-hydrogen) atoms. The second-order valence-corrected chi connectivity index (χ2v) is 9.69. The van der Waals surface area contributed by atoms with E-state index in [4.69, 9.17) is 4.99 Å². The lowest BCUT2D eigenvalue weighted by atomic mass is 9.88. The smallest absolute Gasteiger partial charge is 0.191 e. The largest absolute Gasteiger partial charge is 0.357 e. The van der Waals surface area contributed by atoms with E-state index in [9.17, 15) is 0 Å². The molecule has 2 fully saturated rings. The summed E-state index contributed by atoms with van der Waals surface area (Å²) in [5.41, 5.74) is 1.25. The maximum Gasteiger partial charge on any atom is 0.191 e. The fraction of sp³-hybridized carbons (Fsp3) is 0.696. The number of hydrogen-bond donors (Lipinski definition) is 2. The van der Waals surface area contributed by atoms with Crippen molar-refractivity contribution in [3.05, 3.63) is 34.5 Å². The molecule has 2 unspecified atom stereocenters. The Bertz CT molecular complexity index is 655. The van der Waals surface area contributed by atoms with Gasteiger partial charge in [0.1, 0.15) is 0 Å². The summed E-state index contributed by atoms with van der Waals surface area (Å²) in [7, 11) is 2.27. The zero-order valence-electron chi connectivity index (χ0n) is 18.9. The minimum atomic E-state index is 0. The van der Waals surface area contributed by atoms with Gasteiger partial charge in [0.15, 0.2) is 5.96 Å². The zero-order valence-corrected chi connectivity index (χ0v) is 22.0. The van der Waals surface area contributed by atoms with E-state index in [-0.39, 0.29) is 24.0 Å². The topological polar surface area (TPSA) is 42.9 Å². The Labute approximate surface area is 204 Å². The predicted molar refractivity (Wildman–Crippen MR) is 141 cm³/mol. The number of rotatable bonds is 7. The SMILES string of the molecule is C=C(C)CN1CCC(NC(=NCC2CCCN(C)C2c2cccs2)NCC)CC1.I. The van der Waals surface area contributed by atoms with Crippen molar-refractivity contribution in [2.75, 3.05) is 46.3 Å². The number of nitrogens with zero attached hydrogens (tertiary/aromatic N) is 3. The van der Waals surface area contributed by atoms with Crippen molar-refractivity contribution in [2.45, 2.75) is 51.6 Å². The van der Waals surface area contributed by atoms with Crippen LogP contribution < -0.4 is 10.6 Å². The molecule has 170 valence electrons. The second kappa shape index (κ2) is 13.0. The molecule has 0 bridgehead atoms.